The molecule has 0 bridgehead atoms. The molecular formula is C20H20O4. The van der Waals surface area contributed by atoms with E-state index in [0.717, 1.165) is 11.1 Å². The third-order valence-electron chi connectivity index (χ3n) is 4.25. The zero-order valence-corrected chi connectivity index (χ0v) is 13.4. The van der Waals surface area contributed by atoms with Gasteiger partial charge in [0.2, 0.25) is 0 Å². The van der Waals surface area contributed by atoms with Crippen LogP contribution in [0.2, 0.25) is 0 Å². The molecule has 2 aromatic rings. The Labute approximate surface area is 141 Å². The van der Waals surface area contributed by atoms with Crippen molar-refractivity contribution in [2.24, 2.45) is 11.8 Å². The first-order valence-electron chi connectivity index (χ1n) is 8.13. The summed E-state index contributed by atoms with van der Waals surface area (Å²) in [7, 11) is 0. The van der Waals surface area contributed by atoms with Crippen LogP contribution >= 0.6 is 0 Å². The average Bonchev–Trinajstić information content (AvgIpc) is 2.59. The van der Waals surface area contributed by atoms with Gasteiger partial charge in [0.05, 0.1) is 11.8 Å². The van der Waals surface area contributed by atoms with Gasteiger partial charge in [0.1, 0.15) is 13.2 Å². The van der Waals surface area contributed by atoms with E-state index >= 15 is 0 Å². The number of esters is 2. The molecular weight excluding hydrogens is 304 g/mol. The molecule has 0 heterocycles. The highest BCUT2D eigenvalue weighted by Crippen LogP contribution is 2.35. The van der Waals surface area contributed by atoms with Crippen LogP contribution in [0, 0.1) is 11.8 Å². The van der Waals surface area contributed by atoms with Crippen molar-refractivity contribution in [2.75, 3.05) is 0 Å². The van der Waals surface area contributed by atoms with Gasteiger partial charge < -0.3 is 9.47 Å². The van der Waals surface area contributed by atoms with Gasteiger partial charge in [-0.2, -0.15) is 0 Å². The summed E-state index contributed by atoms with van der Waals surface area (Å²) >= 11 is 0. The summed E-state index contributed by atoms with van der Waals surface area (Å²) in [6.07, 6.45) is 1.03. The van der Waals surface area contributed by atoms with E-state index < -0.39 is 0 Å². The van der Waals surface area contributed by atoms with E-state index in [1.54, 1.807) is 0 Å². The molecule has 1 saturated carbocycles. The van der Waals surface area contributed by atoms with Crippen LogP contribution in [0.1, 0.15) is 24.0 Å². The van der Waals surface area contributed by atoms with E-state index in [-0.39, 0.29) is 37.0 Å². The lowest BCUT2D eigenvalue weighted by atomic mass is 9.75. The minimum Gasteiger partial charge on any atom is -0.461 e. The third-order valence-corrected chi connectivity index (χ3v) is 4.25. The SMILES string of the molecule is O=C(OCc1ccccc1)[C@H]1C[C@@H](C(=O)OCc2ccccc2)C1. The third kappa shape index (κ3) is 4.22. The van der Waals surface area contributed by atoms with E-state index in [0.29, 0.717) is 12.8 Å². The van der Waals surface area contributed by atoms with Crippen LogP contribution in [0.15, 0.2) is 60.7 Å². The predicted octanol–water partition coefficient (Wildman–Crippen LogP) is 3.50. The van der Waals surface area contributed by atoms with Crippen molar-refractivity contribution in [3.8, 4) is 0 Å². The lowest BCUT2D eigenvalue weighted by Crippen LogP contribution is -2.37. The lowest BCUT2D eigenvalue weighted by molar-refractivity contribution is -0.163. The fourth-order valence-corrected chi connectivity index (χ4v) is 2.70. The maximum absolute atomic E-state index is 12.0. The predicted molar refractivity (Wildman–Crippen MR) is 88.7 cm³/mol. The molecule has 3 rings (SSSR count). The summed E-state index contributed by atoms with van der Waals surface area (Å²) in [4.78, 5) is 23.9. The van der Waals surface area contributed by atoms with Gasteiger partial charge in [-0.05, 0) is 24.0 Å². The second kappa shape index (κ2) is 7.77. The lowest BCUT2D eigenvalue weighted by Gasteiger charge is -2.31. The number of benzene rings is 2. The van der Waals surface area contributed by atoms with Crippen LogP contribution in [0.5, 0.6) is 0 Å². The summed E-state index contributed by atoms with van der Waals surface area (Å²) in [5.41, 5.74) is 1.92. The summed E-state index contributed by atoms with van der Waals surface area (Å²) in [6, 6.07) is 19.1. The Morgan fingerprint density at radius 3 is 1.46 bits per heavy atom. The molecule has 0 unspecified atom stereocenters. The fraction of sp³-hybridized carbons (Fsp3) is 0.300. The van der Waals surface area contributed by atoms with Gasteiger partial charge in [-0.1, -0.05) is 60.7 Å². The second-order valence-electron chi connectivity index (χ2n) is 6.05. The molecule has 1 aliphatic carbocycles. The minimum absolute atomic E-state index is 0.192. The largest absolute Gasteiger partial charge is 0.461 e. The number of carbonyl (C=O) groups excluding carboxylic acids is 2. The zero-order chi connectivity index (χ0) is 16.8. The Bertz CT molecular complexity index is 616. The Morgan fingerprint density at radius 2 is 1.08 bits per heavy atom. The van der Waals surface area contributed by atoms with Crippen LogP contribution in [0.25, 0.3) is 0 Å². The molecule has 0 saturated heterocycles. The number of hydrogen-bond donors (Lipinski definition) is 0. The van der Waals surface area contributed by atoms with Gasteiger partial charge in [-0.25, -0.2) is 0 Å². The van der Waals surface area contributed by atoms with Crippen molar-refractivity contribution in [2.45, 2.75) is 26.1 Å². The molecule has 0 radical (unpaired) electrons. The first kappa shape index (κ1) is 16.2. The first-order chi connectivity index (χ1) is 11.7. The molecule has 24 heavy (non-hydrogen) atoms. The van der Waals surface area contributed by atoms with Gasteiger partial charge >= 0.3 is 11.9 Å². The van der Waals surface area contributed by atoms with E-state index in [1.165, 1.54) is 0 Å². The van der Waals surface area contributed by atoms with Crippen LogP contribution in [-0.4, -0.2) is 11.9 Å². The van der Waals surface area contributed by atoms with E-state index in [9.17, 15) is 9.59 Å². The minimum atomic E-state index is -0.231. The molecule has 124 valence electrons. The van der Waals surface area contributed by atoms with Crippen LogP contribution < -0.4 is 0 Å². The highest BCUT2D eigenvalue weighted by Gasteiger charge is 2.40. The smallest absolute Gasteiger partial charge is 0.309 e. The van der Waals surface area contributed by atoms with Gasteiger partial charge in [0.25, 0.3) is 0 Å². The average molecular weight is 324 g/mol. The molecule has 0 aliphatic heterocycles. The summed E-state index contributed by atoms with van der Waals surface area (Å²) in [5.74, 6) is -0.845. The summed E-state index contributed by atoms with van der Waals surface area (Å²) < 4.78 is 10.6. The molecule has 0 N–H and O–H groups in total. The number of hydrogen-bond acceptors (Lipinski definition) is 4. The molecule has 2 aromatic carbocycles. The highest BCUT2D eigenvalue weighted by molar-refractivity contribution is 5.80. The first-order valence-corrected chi connectivity index (χ1v) is 8.13. The van der Waals surface area contributed by atoms with Crippen LogP contribution in [0.4, 0.5) is 0 Å². The standard InChI is InChI=1S/C20H20O4/c21-19(23-13-15-7-3-1-4-8-15)17-11-18(12-17)20(22)24-14-16-9-5-2-6-10-16/h1-10,17-18H,11-14H2/t17-,18+. The molecule has 4 heteroatoms. The fourth-order valence-electron chi connectivity index (χ4n) is 2.70. The van der Waals surface area contributed by atoms with Crippen molar-refractivity contribution in [3.05, 3.63) is 71.8 Å². The number of rotatable bonds is 6. The van der Waals surface area contributed by atoms with Gasteiger partial charge in [0, 0.05) is 0 Å². The monoisotopic (exact) mass is 324 g/mol. The maximum Gasteiger partial charge on any atom is 0.309 e. The Balaban J connectivity index is 1.37. The van der Waals surface area contributed by atoms with Crippen molar-refractivity contribution in [1.29, 1.82) is 0 Å². The normalized spacial score (nSPS) is 19.2. The van der Waals surface area contributed by atoms with Crippen molar-refractivity contribution in [3.63, 3.8) is 0 Å². The number of ether oxygens (including phenoxy) is 2. The van der Waals surface area contributed by atoms with E-state index in [4.69, 9.17) is 9.47 Å². The zero-order valence-electron chi connectivity index (χ0n) is 13.4. The highest BCUT2D eigenvalue weighted by atomic mass is 16.5. The van der Waals surface area contributed by atoms with Crippen LogP contribution in [0.3, 0.4) is 0 Å². The number of carbonyl (C=O) groups is 2. The quantitative estimate of drug-likeness (QED) is 0.763. The van der Waals surface area contributed by atoms with Crippen molar-refractivity contribution in [1.82, 2.24) is 0 Å². The summed E-state index contributed by atoms with van der Waals surface area (Å²) in [5, 5.41) is 0. The molecule has 4 nitrogen and oxygen atoms in total. The molecule has 0 aromatic heterocycles. The Kier molecular flexibility index (Phi) is 5.26. The molecule has 0 spiro atoms. The Hall–Kier alpha value is -2.62. The van der Waals surface area contributed by atoms with Gasteiger partial charge in [0.15, 0.2) is 0 Å². The molecule has 0 atom stereocenters. The van der Waals surface area contributed by atoms with E-state index in [2.05, 4.69) is 0 Å². The maximum atomic E-state index is 12.0. The molecule has 0 amide bonds. The second-order valence-corrected chi connectivity index (χ2v) is 6.05. The van der Waals surface area contributed by atoms with Crippen molar-refractivity contribution >= 4 is 11.9 Å². The van der Waals surface area contributed by atoms with Crippen LogP contribution in [-0.2, 0) is 32.3 Å². The molecule has 1 aliphatic rings. The summed E-state index contributed by atoms with van der Waals surface area (Å²) in [6.45, 7) is 0.554. The Morgan fingerprint density at radius 1 is 0.708 bits per heavy atom. The van der Waals surface area contributed by atoms with Gasteiger partial charge in [-0.3, -0.25) is 9.59 Å². The van der Waals surface area contributed by atoms with Gasteiger partial charge in [-0.15, -0.1) is 0 Å². The topological polar surface area (TPSA) is 52.6 Å². The van der Waals surface area contributed by atoms with E-state index in [1.807, 2.05) is 60.7 Å². The molecule has 1 fully saturated rings. The van der Waals surface area contributed by atoms with Crippen molar-refractivity contribution < 1.29 is 19.1 Å².